The number of terminal acetylenes is 1. The normalized spacial score (nSPS) is 26.4. The van der Waals surface area contributed by atoms with Crippen LogP contribution in [-0.2, 0) is 9.59 Å². The maximum Gasteiger partial charge on any atom is 0.308 e. The van der Waals surface area contributed by atoms with Crippen molar-refractivity contribution < 1.29 is 14.7 Å². The molecule has 1 fully saturated rings. The highest BCUT2D eigenvalue weighted by Crippen LogP contribution is 2.25. The van der Waals surface area contributed by atoms with Crippen molar-refractivity contribution in [2.24, 2.45) is 5.92 Å². The fourth-order valence-electron chi connectivity index (χ4n) is 1.64. The SMILES string of the molecule is C#CC(=O)NC1CCCC1C(=O)O. The molecule has 1 saturated carbocycles. The molecule has 0 aromatic carbocycles. The number of carboxylic acids is 1. The first kappa shape index (κ1) is 9.59. The zero-order valence-electron chi connectivity index (χ0n) is 7.12. The van der Waals surface area contributed by atoms with Gasteiger partial charge in [0.1, 0.15) is 0 Å². The van der Waals surface area contributed by atoms with Gasteiger partial charge in [-0.05, 0) is 18.8 Å². The first-order valence-electron chi connectivity index (χ1n) is 4.15. The molecule has 0 aromatic heterocycles. The zero-order chi connectivity index (χ0) is 9.84. The molecular formula is C9H11NO3. The first-order valence-corrected chi connectivity index (χ1v) is 4.15. The van der Waals surface area contributed by atoms with Gasteiger partial charge in [-0.25, -0.2) is 0 Å². The van der Waals surface area contributed by atoms with E-state index < -0.39 is 17.8 Å². The minimum absolute atomic E-state index is 0.291. The van der Waals surface area contributed by atoms with E-state index in [0.717, 1.165) is 6.42 Å². The molecule has 2 N–H and O–H groups in total. The van der Waals surface area contributed by atoms with E-state index in [1.807, 2.05) is 5.92 Å². The minimum Gasteiger partial charge on any atom is -0.481 e. The third kappa shape index (κ3) is 2.22. The molecule has 0 heterocycles. The maximum absolute atomic E-state index is 10.8. The maximum atomic E-state index is 10.8. The summed E-state index contributed by atoms with van der Waals surface area (Å²) in [7, 11) is 0. The van der Waals surface area contributed by atoms with Crippen LogP contribution in [0.15, 0.2) is 0 Å². The van der Waals surface area contributed by atoms with Crippen molar-refractivity contribution in [2.45, 2.75) is 25.3 Å². The van der Waals surface area contributed by atoms with E-state index in [2.05, 4.69) is 5.32 Å². The molecule has 0 saturated heterocycles. The summed E-state index contributed by atoms with van der Waals surface area (Å²) in [6, 6.07) is -0.291. The van der Waals surface area contributed by atoms with Crippen LogP contribution in [0.3, 0.4) is 0 Å². The van der Waals surface area contributed by atoms with Crippen LogP contribution < -0.4 is 5.32 Å². The number of aliphatic carboxylic acids is 1. The third-order valence-corrected chi connectivity index (χ3v) is 2.28. The Balaban J connectivity index is 2.55. The second-order valence-electron chi connectivity index (χ2n) is 3.10. The quantitative estimate of drug-likeness (QED) is 0.589. The van der Waals surface area contributed by atoms with Crippen molar-refractivity contribution in [1.82, 2.24) is 5.32 Å². The van der Waals surface area contributed by atoms with Gasteiger partial charge in [-0.2, -0.15) is 0 Å². The lowest BCUT2D eigenvalue weighted by Gasteiger charge is -2.15. The van der Waals surface area contributed by atoms with Gasteiger partial charge in [0.2, 0.25) is 0 Å². The second kappa shape index (κ2) is 3.94. The Morgan fingerprint density at radius 3 is 2.69 bits per heavy atom. The highest BCUT2D eigenvalue weighted by atomic mass is 16.4. The molecule has 70 valence electrons. The monoisotopic (exact) mass is 181 g/mol. The molecule has 0 radical (unpaired) electrons. The molecule has 4 nitrogen and oxygen atoms in total. The number of amides is 1. The number of carbonyl (C=O) groups is 2. The van der Waals surface area contributed by atoms with Gasteiger partial charge < -0.3 is 10.4 Å². The Morgan fingerprint density at radius 2 is 2.15 bits per heavy atom. The summed E-state index contributed by atoms with van der Waals surface area (Å²) in [5.74, 6) is 0.0429. The van der Waals surface area contributed by atoms with Crippen LogP contribution in [0.2, 0.25) is 0 Å². The lowest BCUT2D eigenvalue weighted by Crippen LogP contribution is -2.39. The van der Waals surface area contributed by atoms with Crippen molar-refractivity contribution in [3.8, 4) is 12.3 Å². The van der Waals surface area contributed by atoms with Crippen molar-refractivity contribution in [3.63, 3.8) is 0 Å². The predicted octanol–water partition coefficient (Wildman–Crippen LogP) is -0.0109. The molecule has 0 aromatic rings. The van der Waals surface area contributed by atoms with E-state index in [-0.39, 0.29) is 6.04 Å². The summed E-state index contributed by atoms with van der Waals surface area (Å²) in [5, 5.41) is 11.3. The Morgan fingerprint density at radius 1 is 1.46 bits per heavy atom. The van der Waals surface area contributed by atoms with Crippen LogP contribution in [0.25, 0.3) is 0 Å². The highest BCUT2D eigenvalue weighted by molar-refractivity contribution is 5.93. The number of hydrogen-bond donors (Lipinski definition) is 2. The van der Waals surface area contributed by atoms with Crippen LogP contribution in [0.1, 0.15) is 19.3 Å². The van der Waals surface area contributed by atoms with Crippen molar-refractivity contribution in [2.75, 3.05) is 0 Å². The lowest BCUT2D eigenvalue weighted by atomic mass is 10.0. The van der Waals surface area contributed by atoms with Crippen LogP contribution in [0.4, 0.5) is 0 Å². The molecule has 1 rings (SSSR count). The van der Waals surface area contributed by atoms with Gasteiger partial charge in [0.25, 0.3) is 5.91 Å². The number of nitrogens with one attached hydrogen (secondary N) is 1. The summed E-state index contributed by atoms with van der Waals surface area (Å²) in [4.78, 5) is 21.5. The third-order valence-electron chi connectivity index (χ3n) is 2.28. The number of hydrogen-bond acceptors (Lipinski definition) is 2. The molecule has 1 amide bonds. The predicted molar refractivity (Wildman–Crippen MR) is 45.7 cm³/mol. The molecular weight excluding hydrogens is 170 g/mol. The van der Waals surface area contributed by atoms with Crippen LogP contribution in [0, 0.1) is 18.3 Å². The molecule has 1 aliphatic carbocycles. The zero-order valence-corrected chi connectivity index (χ0v) is 7.12. The standard InChI is InChI=1S/C9H11NO3/c1-2-8(11)10-7-5-3-4-6(7)9(12)13/h1,6-7H,3-5H2,(H,10,11)(H,12,13). The molecule has 13 heavy (non-hydrogen) atoms. The lowest BCUT2D eigenvalue weighted by molar-refractivity contribution is -0.142. The van der Waals surface area contributed by atoms with Gasteiger partial charge in [-0.3, -0.25) is 9.59 Å². The molecule has 0 bridgehead atoms. The fraction of sp³-hybridized carbons (Fsp3) is 0.556. The smallest absolute Gasteiger partial charge is 0.308 e. The van der Waals surface area contributed by atoms with E-state index in [1.165, 1.54) is 0 Å². The average molecular weight is 181 g/mol. The topological polar surface area (TPSA) is 66.4 Å². The average Bonchev–Trinajstić information content (AvgIpc) is 2.52. The highest BCUT2D eigenvalue weighted by Gasteiger charge is 2.33. The van der Waals surface area contributed by atoms with Gasteiger partial charge >= 0.3 is 5.97 Å². The molecule has 2 atom stereocenters. The Hall–Kier alpha value is -1.50. The minimum atomic E-state index is -0.861. The first-order chi connectivity index (χ1) is 6.15. The molecule has 0 spiro atoms. The fourth-order valence-corrected chi connectivity index (χ4v) is 1.64. The van der Waals surface area contributed by atoms with E-state index in [9.17, 15) is 9.59 Å². The molecule has 2 unspecified atom stereocenters. The van der Waals surface area contributed by atoms with Crippen LogP contribution in [0.5, 0.6) is 0 Å². The molecule has 1 aliphatic rings. The van der Waals surface area contributed by atoms with E-state index in [0.29, 0.717) is 12.8 Å². The summed E-state index contributed by atoms with van der Waals surface area (Å²) in [5.41, 5.74) is 0. The Kier molecular flexibility index (Phi) is 2.91. The summed E-state index contributed by atoms with van der Waals surface area (Å²) in [6.07, 6.45) is 7.00. The number of rotatable bonds is 2. The van der Waals surface area contributed by atoms with Gasteiger partial charge in [0.05, 0.1) is 5.92 Å². The number of carboxylic acid groups (broad SMARTS) is 1. The van der Waals surface area contributed by atoms with Gasteiger partial charge in [-0.1, -0.05) is 6.42 Å². The van der Waals surface area contributed by atoms with Gasteiger partial charge in [-0.15, -0.1) is 6.42 Å². The Bertz CT molecular complexity index is 267. The van der Waals surface area contributed by atoms with E-state index in [4.69, 9.17) is 11.5 Å². The summed E-state index contributed by atoms with van der Waals surface area (Å²) < 4.78 is 0. The van der Waals surface area contributed by atoms with Gasteiger partial charge in [0.15, 0.2) is 0 Å². The van der Waals surface area contributed by atoms with Crippen molar-refractivity contribution in [3.05, 3.63) is 0 Å². The summed E-state index contributed by atoms with van der Waals surface area (Å²) in [6.45, 7) is 0. The second-order valence-corrected chi connectivity index (χ2v) is 3.10. The Labute approximate surface area is 76.3 Å². The van der Waals surface area contributed by atoms with Crippen LogP contribution >= 0.6 is 0 Å². The molecule has 4 heteroatoms. The van der Waals surface area contributed by atoms with E-state index in [1.54, 1.807) is 0 Å². The van der Waals surface area contributed by atoms with Gasteiger partial charge in [0, 0.05) is 6.04 Å². The van der Waals surface area contributed by atoms with Crippen molar-refractivity contribution in [1.29, 1.82) is 0 Å². The summed E-state index contributed by atoms with van der Waals surface area (Å²) >= 11 is 0. The number of carbonyl (C=O) groups excluding carboxylic acids is 1. The van der Waals surface area contributed by atoms with E-state index >= 15 is 0 Å². The van der Waals surface area contributed by atoms with Crippen molar-refractivity contribution >= 4 is 11.9 Å². The largest absolute Gasteiger partial charge is 0.481 e. The molecule has 0 aliphatic heterocycles. The van der Waals surface area contributed by atoms with Crippen LogP contribution in [-0.4, -0.2) is 23.0 Å².